The van der Waals surface area contributed by atoms with Crippen LogP contribution in [0.3, 0.4) is 0 Å². The highest BCUT2D eigenvalue weighted by molar-refractivity contribution is 5.93. The standard InChI is InChI=1S/C29H31N3O2/c33-23-10-4-9-21(30-23)26(34)32-16-27-15-28-14-20(27)24(32)25(27)29(28)11-12-31(18-6-3-7-18)22(28)13-17-5-1-2-8-19(17)29/h1-2,4-5,8-10,18,20,22,24-25H,3,6-7,11-16H2,(H,30,33). The zero-order valence-electron chi connectivity index (χ0n) is 19.5. The summed E-state index contributed by atoms with van der Waals surface area (Å²) < 4.78 is 0. The summed E-state index contributed by atoms with van der Waals surface area (Å²) in [7, 11) is 0. The molecule has 7 fully saturated rings. The molecule has 7 atom stereocenters. The molecule has 34 heavy (non-hydrogen) atoms. The lowest BCUT2D eigenvalue weighted by Gasteiger charge is -2.71. The third-order valence-electron chi connectivity index (χ3n) is 12.1. The summed E-state index contributed by atoms with van der Waals surface area (Å²) in [6.45, 7) is 2.12. The molecule has 5 nitrogen and oxygen atoms in total. The predicted octanol–water partition coefficient (Wildman–Crippen LogP) is 3.35. The summed E-state index contributed by atoms with van der Waals surface area (Å²) in [5.74, 6) is 1.28. The molecule has 4 saturated carbocycles. The Morgan fingerprint density at radius 1 is 1.09 bits per heavy atom. The number of carbonyl (C=O) groups excluding carboxylic acids is 1. The van der Waals surface area contributed by atoms with Gasteiger partial charge in [0.25, 0.3) is 5.91 Å². The van der Waals surface area contributed by atoms with Crippen molar-refractivity contribution in [3.63, 3.8) is 0 Å². The van der Waals surface area contributed by atoms with E-state index in [0.29, 0.717) is 40.4 Å². The van der Waals surface area contributed by atoms with Gasteiger partial charge in [-0.25, -0.2) is 0 Å². The van der Waals surface area contributed by atoms with Crippen molar-refractivity contribution >= 4 is 5.91 Å². The van der Waals surface area contributed by atoms with E-state index in [1.165, 1.54) is 57.6 Å². The number of carbonyl (C=O) groups is 1. The quantitative estimate of drug-likeness (QED) is 0.759. The minimum Gasteiger partial charge on any atom is -0.333 e. The van der Waals surface area contributed by atoms with Crippen molar-refractivity contribution in [1.82, 2.24) is 14.8 Å². The van der Waals surface area contributed by atoms with E-state index < -0.39 is 0 Å². The van der Waals surface area contributed by atoms with Crippen molar-refractivity contribution in [3.8, 4) is 0 Å². The Balaban J connectivity index is 1.19. The molecule has 3 aliphatic heterocycles. The second-order valence-corrected chi connectivity index (χ2v) is 12.6. The fourth-order valence-corrected chi connectivity index (χ4v) is 11.2. The van der Waals surface area contributed by atoms with Crippen LogP contribution in [-0.2, 0) is 11.8 Å². The molecule has 0 radical (unpaired) electrons. The summed E-state index contributed by atoms with van der Waals surface area (Å²) >= 11 is 0. The fraction of sp³-hybridized carbons (Fsp3) is 0.586. The van der Waals surface area contributed by atoms with E-state index in [0.717, 1.165) is 12.6 Å². The zero-order valence-corrected chi connectivity index (χ0v) is 19.5. The van der Waals surface area contributed by atoms with E-state index >= 15 is 0 Å². The van der Waals surface area contributed by atoms with E-state index in [4.69, 9.17) is 0 Å². The minimum absolute atomic E-state index is 0.0374. The summed E-state index contributed by atoms with van der Waals surface area (Å²) in [6, 6.07) is 16.2. The largest absolute Gasteiger partial charge is 0.333 e. The van der Waals surface area contributed by atoms with E-state index in [1.807, 2.05) is 0 Å². The Kier molecular flexibility index (Phi) is 3.16. The van der Waals surface area contributed by atoms with Gasteiger partial charge in [-0.15, -0.1) is 0 Å². The lowest BCUT2D eigenvalue weighted by atomic mass is 9.37. The Morgan fingerprint density at radius 2 is 1.97 bits per heavy atom. The molecule has 5 aliphatic carbocycles. The number of amides is 1. The SMILES string of the molecule is O=C(c1cccc(=O)[nH]1)N1CC23CC45CC2C1C3C41CCN(C2CCC2)C5Cc2ccccc21. The molecule has 2 spiro atoms. The normalized spacial score (nSPS) is 44.9. The number of aromatic amines is 1. The summed E-state index contributed by atoms with van der Waals surface area (Å²) in [4.78, 5) is 33.5. The van der Waals surface area contributed by atoms with Crippen LogP contribution in [-0.4, -0.2) is 51.9 Å². The van der Waals surface area contributed by atoms with Gasteiger partial charge in [0.15, 0.2) is 0 Å². The number of hydrogen-bond donors (Lipinski definition) is 1. The van der Waals surface area contributed by atoms with Crippen molar-refractivity contribution in [1.29, 1.82) is 0 Å². The number of fused-ring (bicyclic) bond motifs is 2. The number of nitrogens with zero attached hydrogens (tertiary/aromatic N) is 2. The van der Waals surface area contributed by atoms with Gasteiger partial charge in [-0.2, -0.15) is 0 Å². The van der Waals surface area contributed by atoms with Crippen LogP contribution in [0.4, 0.5) is 0 Å². The lowest BCUT2D eigenvalue weighted by Crippen LogP contribution is -2.75. The molecule has 7 unspecified atom stereocenters. The molecule has 5 bridgehead atoms. The van der Waals surface area contributed by atoms with Crippen molar-refractivity contribution < 1.29 is 4.79 Å². The first-order chi connectivity index (χ1) is 16.6. The maximum Gasteiger partial charge on any atom is 0.270 e. The van der Waals surface area contributed by atoms with Gasteiger partial charge >= 0.3 is 0 Å². The average molecular weight is 454 g/mol. The number of nitrogens with one attached hydrogen (secondary N) is 1. The molecule has 4 heterocycles. The Bertz CT molecular complexity index is 1330. The van der Waals surface area contributed by atoms with Crippen molar-refractivity contribution in [3.05, 3.63) is 69.6 Å². The van der Waals surface area contributed by atoms with Gasteiger partial charge in [0.1, 0.15) is 5.69 Å². The second-order valence-electron chi connectivity index (χ2n) is 12.6. The number of benzene rings is 1. The first-order valence-corrected chi connectivity index (χ1v) is 13.4. The van der Waals surface area contributed by atoms with Gasteiger partial charge in [0.2, 0.25) is 5.56 Å². The maximum atomic E-state index is 13.6. The number of hydrogen-bond acceptors (Lipinski definition) is 3. The van der Waals surface area contributed by atoms with Crippen molar-refractivity contribution in [2.24, 2.45) is 22.7 Å². The van der Waals surface area contributed by atoms with Crippen LogP contribution < -0.4 is 5.56 Å². The number of piperidine rings is 1. The van der Waals surface area contributed by atoms with Crippen LogP contribution in [0.1, 0.15) is 60.1 Å². The van der Waals surface area contributed by atoms with Crippen LogP contribution >= 0.6 is 0 Å². The molecule has 174 valence electrons. The molecular weight excluding hydrogens is 422 g/mol. The number of pyridine rings is 1. The second kappa shape index (κ2) is 5.70. The van der Waals surface area contributed by atoms with Crippen LogP contribution in [0.15, 0.2) is 47.3 Å². The Hall–Kier alpha value is -2.40. The molecule has 1 aromatic heterocycles. The molecule has 1 N–H and O–H groups in total. The molecule has 5 heteroatoms. The summed E-state index contributed by atoms with van der Waals surface area (Å²) in [5, 5.41) is 0. The van der Waals surface area contributed by atoms with Gasteiger partial charge < -0.3 is 9.88 Å². The maximum absolute atomic E-state index is 13.6. The zero-order chi connectivity index (χ0) is 22.4. The smallest absolute Gasteiger partial charge is 0.270 e. The van der Waals surface area contributed by atoms with Gasteiger partial charge in [0, 0.05) is 36.2 Å². The van der Waals surface area contributed by atoms with Crippen LogP contribution in [0.25, 0.3) is 0 Å². The van der Waals surface area contributed by atoms with E-state index in [2.05, 4.69) is 39.0 Å². The summed E-state index contributed by atoms with van der Waals surface area (Å²) in [5.41, 5.74) is 4.41. The van der Waals surface area contributed by atoms with Gasteiger partial charge in [-0.05, 0) is 84.9 Å². The number of rotatable bonds is 2. The fourth-order valence-electron chi connectivity index (χ4n) is 11.2. The molecule has 8 aliphatic rings. The topological polar surface area (TPSA) is 56.4 Å². The summed E-state index contributed by atoms with van der Waals surface area (Å²) in [6.07, 6.45) is 9.27. The Morgan fingerprint density at radius 3 is 2.79 bits per heavy atom. The molecule has 10 rings (SSSR count). The first-order valence-electron chi connectivity index (χ1n) is 13.4. The molecule has 3 saturated heterocycles. The van der Waals surface area contributed by atoms with Gasteiger partial charge in [-0.3, -0.25) is 14.5 Å². The molecule has 2 aromatic rings. The third kappa shape index (κ3) is 1.75. The number of likely N-dealkylation sites (tertiary alicyclic amines) is 1. The minimum atomic E-state index is -0.190. The highest BCUT2D eigenvalue weighted by atomic mass is 16.2. The van der Waals surface area contributed by atoms with E-state index in [9.17, 15) is 9.59 Å². The monoisotopic (exact) mass is 453 g/mol. The van der Waals surface area contributed by atoms with Crippen LogP contribution in [0.2, 0.25) is 0 Å². The molecular formula is C29H31N3O2. The van der Waals surface area contributed by atoms with Gasteiger partial charge in [-0.1, -0.05) is 36.8 Å². The van der Waals surface area contributed by atoms with Crippen molar-refractivity contribution in [2.45, 2.75) is 68.5 Å². The highest BCUT2D eigenvalue weighted by Gasteiger charge is 2.91. The molecule has 1 aromatic carbocycles. The first kappa shape index (κ1) is 18.9. The highest BCUT2D eigenvalue weighted by Crippen LogP contribution is 2.89. The van der Waals surface area contributed by atoms with E-state index in [1.54, 1.807) is 23.3 Å². The lowest BCUT2D eigenvalue weighted by molar-refractivity contribution is -0.161. The van der Waals surface area contributed by atoms with Gasteiger partial charge in [0.05, 0.1) is 0 Å². The van der Waals surface area contributed by atoms with Crippen LogP contribution in [0.5, 0.6) is 0 Å². The number of H-pyrrole nitrogens is 1. The third-order valence-corrected chi connectivity index (χ3v) is 12.1. The van der Waals surface area contributed by atoms with E-state index in [-0.39, 0.29) is 16.9 Å². The predicted molar refractivity (Wildman–Crippen MR) is 128 cm³/mol. The number of aromatic nitrogens is 1. The van der Waals surface area contributed by atoms with Crippen LogP contribution in [0, 0.1) is 22.7 Å². The average Bonchev–Trinajstić information content (AvgIpc) is 3.45. The van der Waals surface area contributed by atoms with Crippen molar-refractivity contribution in [2.75, 3.05) is 13.1 Å². The Labute approximate surface area is 199 Å². The molecule has 1 amide bonds.